The van der Waals surface area contributed by atoms with Crippen LogP contribution in [-0.2, 0) is 0 Å². The van der Waals surface area contributed by atoms with Gasteiger partial charge in [-0.3, -0.25) is 0 Å². The van der Waals surface area contributed by atoms with Crippen LogP contribution in [-0.4, -0.2) is 0 Å². The Balaban J connectivity index is 0. The van der Waals surface area contributed by atoms with Gasteiger partial charge in [0.2, 0.25) is 0 Å². The van der Waals surface area contributed by atoms with Gasteiger partial charge in [0.05, 0.1) is 0 Å². The minimum absolute atomic E-state index is 0.346. The average Bonchev–Trinajstić information content (AvgIpc) is 2.45. The molecule has 140 valence electrons. The summed E-state index contributed by atoms with van der Waals surface area (Å²) in [7, 11) is 0. The largest absolute Gasteiger partial charge is 0.0852 e. The van der Waals surface area contributed by atoms with Crippen LogP contribution in [0.5, 0.6) is 0 Å². The summed E-state index contributed by atoms with van der Waals surface area (Å²) in [5, 5.41) is 0. The summed E-state index contributed by atoms with van der Waals surface area (Å²) < 4.78 is 0. The van der Waals surface area contributed by atoms with Crippen LogP contribution in [0.1, 0.15) is 114 Å². The molecule has 0 saturated heterocycles. The minimum Gasteiger partial charge on any atom is -0.0852 e. The molecule has 0 heteroatoms. The van der Waals surface area contributed by atoms with Crippen LogP contribution in [0.3, 0.4) is 0 Å². The Morgan fingerprint density at radius 3 is 1.83 bits per heavy atom. The fourth-order valence-corrected chi connectivity index (χ4v) is 2.50. The Morgan fingerprint density at radius 2 is 1.43 bits per heavy atom. The van der Waals surface area contributed by atoms with Crippen molar-refractivity contribution in [1.29, 1.82) is 0 Å². The second kappa shape index (κ2) is 13.1. The quantitative estimate of drug-likeness (QED) is 0.294. The number of allylic oxidation sites excluding steroid dienone is 2. The maximum atomic E-state index is 2.37. The van der Waals surface area contributed by atoms with E-state index >= 15 is 0 Å². The Morgan fingerprint density at radius 1 is 0.870 bits per heavy atom. The Bertz CT molecular complexity index is 277. The average molecular weight is 325 g/mol. The van der Waals surface area contributed by atoms with Gasteiger partial charge >= 0.3 is 0 Å². The fraction of sp³-hybridized carbons (Fsp3) is 0.913. The number of unbranched alkanes of at least 4 members (excludes halogenated alkanes) is 2. The lowest BCUT2D eigenvalue weighted by Gasteiger charge is -2.25. The molecular weight excluding hydrogens is 276 g/mol. The zero-order valence-corrected chi connectivity index (χ0v) is 18.3. The molecule has 0 bridgehead atoms. The highest BCUT2D eigenvalue weighted by Crippen LogP contribution is 2.29. The van der Waals surface area contributed by atoms with Crippen molar-refractivity contribution in [2.75, 3.05) is 0 Å². The van der Waals surface area contributed by atoms with Gasteiger partial charge in [0, 0.05) is 0 Å². The molecule has 0 spiro atoms. The minimum atomic E-state index is 0.346. The zero-order valence-electron chi connectivity index (χ0n) is 18.3. The van der Waals surface area contributed by atoms with Crippen molar-refractivity contribution >= 4 is 0 Å². The second-order valence-corrected chi connectivity index (χ2v) is 9.43. The first kappa shape index (κ1) is 25.0. The predicted molar refractivity (Wildman–Crippen MR) is 110 cm³/mol. The Kier molecular flexibility index (Phi) is 14.2. The highest BCUT2D eigenvalue weighted by molar-refractivity contribution is 4.94. The summed E-state index contributed by atoms with van der Waals surface area (Å²) in [5.74, 6) is 1.65. The highest BCUT2D eigenvalue weighted by atomic mass is 14.2. The smallest absolute Gasteiger partial charge is 0.0203 e. The molecule has 0 nitrogen and oxygen atoms in total. The molecule has 0 saturated carbocycles. The molecule has 0 amide bonds. The van der Waals surface area contributed by atoms with Crippen LogP contribution in [0.2, 0.25) is 0 Å². The van der Waals surface area contributed by atoms with Gasteiger partial charge in [0.15, 0.2) is 0 Å². The third-order valence-electron chi connectivity index (χ3n) is 4.74. The monoisotopic (exact) mass is 324 g/mol. The number of hydrogen-bond donors (Lipinski definition) is 0. The molecule has 0 rings (SSSR count). The Hall–Kier alpha value is -0.260. The maximum absolute atomic E-state index is 2.37. The molecular formula is C23H48. The van der Waals surface area contributed by atoms with Gasteiger partial charge in [-0.15, -0.1) is 0 Å². The van der Waals surface area contributed by atoms with Crippen LogP contribution < -0.4 is 0 Å². The molecule has 0 aromatic carbocycles. The van der Waals surface area contributed by atoms with E-state index in [-0.39, 0.29) is 0 Å². The molecule has 0 aromatic heterocycles. The first-order valence-corrected chi connectivity index (χ1v) is 10.2. The lowest BCUT2D eigenvalue weighted by atomic mass is 9.80. The van der Waals surface area contributed by atoms with Crippen molar-refractivity contribution < 1.29 is 0 Å². The van der Waals surface area contributed by atoms with Crippen molar-refractivity contribution in [2.45, 2.75) is 114 Å². The van der Waals surface area contributed by atoms with Crippen LogP contribution in [0, 0.1) is 22.7 Å². The topological polar surface area (TPSA) is 0 Å². The molecule has 0 aliphatic rings. The van der Waals surface area contributed by atoms with Crippen molar-refractivity contribution in [3.8, 4) is 0 Å². The summed E-state index contributed by atoms with van der Waals surface area (Å²) in [5.41, 5.74) is 0.911. The van der Waals surface area contributed by atoms with Gasteiger partial charge in [0.1, 0.15) is 0 Å². The zero-order chi connectivity index (χ0) is 18.5. The molecule has 0 radical (unpaired) electrons. The van der Waals surface area contributed by atoms with E-state index in [9.17, 15) is 0 Å². The second-order valence-electron chi connectivity index (χ2n) is 9.43. The van der Waals surface area contributed by atoms with E-state index in [2.05, 4.69) is 81.4 Å². The molecule has 0 aliphatic carbocycles. The van der Waals surface area contributed by atoms with E-state index in [1.807, 2.05) is 0 Å². The van der Waals surface area contributed by atoms with Gasteiger partial charge in [-0.05, 0) is 35.5 Å². The summed E-state index contributed by atoms with van der Waals surface area (Å²) in [6.45, 7) is 23.0. The van der Waals surface area contributed by atoms with Gasteiger partial charge < -0.3 is 0 Å². The maximum Gasteiger partial charge on any atom is -0.0203 e. The van der Waals surface area contributed by atoms with Crippen LogP contribution in [0.25, 0.3) is 0 Å². The molecule has 2 atom stereocenters. The summed E-state index contributed by atoms with van der Waals surface area (Å²) in [6, 6.07) is 0. The molecule has 0 aliphatic heterocycles. The molecule has 0 N–H and O–H groups in total. The van der Waals surface area contributed by atoms with Gasteiger partial charge in [-0.25, -0.2) is 0 Å². The van der Waals surface area contributed by atoms with Gasteiger partial charge in [0.25, 0.3) is 0 Å². The number of rotatable bonds is 9. The molecule has 0 heterocycles. The van der Waals surface area contributed by atoms with Gasteiger partial charge in [-0.2, -0.15) is 0 Å². The molecule has 0 fully saturated rings. The molecule has 2 unspecified atom stereocenters. The van der Waals surface area contributed by atoms with E-state index in [1.54, 1.807) is 0 Å². The van der Waals surface area contributed by atoms with E-state index in [0.29, 0.717) is 10.8 Å². The van der Waals surface area contributed by atoms with Crippen LogP contribution in [0.4, 0.5) is 0 Å². The standard InChI is InChI=1S/C13H26.C10H22/c1-6-7-8-9-12(2)10-11-13(3,4)5;1-6-9(3)8-10(4,5)7-2/h10-12H,6-9H2,1-5H3;9H,6-8H2,1-5H3. The van der Waals surface area contributed by atoms with E-state index < -0.39 is 0 Å². The van der Waals surface area contributed by atoms with Gasteiger partial charge in [-0.1, -0.05) is 113 Å². The third kappa shape index (κ3) is 19.7. The van der Waals surface area contributed by atoms with Crippen LogP contribution in [0.15, 0.2) is 12.2 Å². The summed E-state index contributed by atoms with van der Waals surface area (Å²) in [6.07, 6.45) is 14.1. The van der Waals surface area contributed by atoms with E-state index in [1.165, 1.54) is 44.9 Å². The molecule has 0 aromatic rings. The summed E-state index contributed by atoms with van der Waals surface area (Å²) in [4.78, 5) is 0. The summed E-state index contributed by atoms with van der Waals surface area (Å²) >= 11 is 0. The van der Waals surface area contributed by atoms with Crippen molar-refractivity contribution in [1.82, 2.24) is 0 Å². The van der Waals surface area contributed by atoms with Crippen molar-refractivity contribution in [3.63, 3.8) is 0 Å². The third-order valence-corrected chi connectivity index (χ3v) is 4.74. The van der Waals surface area contributed by atoms with Crippen molar-refractivity contribution in [3.05, 3.63) is 12.2 Å². The lowest BCUT2D eigenvalue weighted by Crippen LogP contribution is -2.13. The first-order valence-electron chi connectivity index (χ1n) is 10.2. The normalized spacial score (nSPS) is 15.2. The van der Waals surface area contributed by atoms with E-state index in [0.717, 1.165) is 11.8 Å². The SMILES string of the molecule is CCC(C)CC(C)(C)CC.CCCCCC(C)C=CC(C)(C)C. The molecule has 23 heavy (non-hydrogen) atoms. The highest BCUT2D eigenvalue weighted by Gasteiger charge is 2.17. The lowest BCUT2D eigenvalue weighted by molar-refractivity contribution is 0.263. The Labute approximate surface area is 149 Å². The predicted octanol–water partition coefficient (Wildman–Crippen LogP) is 8.66. The van der Waals surface area contributed by atoms with Crippen LogP contribution >= 0.6 is 0 Å². The first-order chi connectivity index (χ1) is 10.5. The van der Waals surface area contributed by atoms with E-state index in [4.69, 9.17) is 0 Å². The van der Waals surface area contributed by atoms with Crippen molar-refractivity contribution in [2.24, 2.45) is 22.7 Å². The fourth-order valence-electron chi connectivity index (χ4n) is 2.50. The number of hydrogen-bond acceptors (Lipinski definition) is 0.